The van der Waals surface area contributed by atoms with Crippen molar-refractivity contribution in [1.82, 2.24) is 5.32 Å². The molecule has 0 saturated carbocycles. The number of rotatable bonds is 1. The number of amides is 1. The Labute approximate surface area is 100 Å². The van der Waals surface area contributed by atoms with E-state index in [-0.39, 0.29) is 5.91 Å². The predicted molar refractivity (Wildman–Crippen MR) is 64.8 cm³/mol. The largest absolute Gasteiger partial charge is 0.384 e. The van der Waals surface area contributed by atoms with Gasteiger partial charge < -0.3 is 15.7 Å². The summed E-state index contributed by atoms with van der Waals surface area (Å²) >= 11 is 0. The van der Waals surface area contributed by atoms with E-state index in [2.05, 4.69) is 10.6 Å². The lowest BCUT2D eigenvalue weighted by atomic mass is 9.89. The molecule has 1 aromatic carbocycles. The van der Waals surface area contributed by atoms with Crippen LogP contribution in [0.3, 0.4) is 0 Å². The van der Waals surface area contributed by atoms with E-state index in [1.54, 1.807) is 0 Å². The van der Waals surface area contributed by atoms with Crippen LogP contribution in [0, 0.1) is 0 Å². The van der Waals surface area contributed by atoms with Crippen LogP contribution in [0.5, 0.6) is 0 Å². The summed E-state index contributed by atoms with van der Waals surface area (Å²) in [5.41, 5.74) is 2.23. The Balaban J connectivity index is 1.95. The minimum atomic E-state index is -0.740. The highest BCUT2D eigenvalue weighted by Gasteiger charge is 2.33. The lowest BCUT2D eigenvalue weighted by Crippen LogP contribution is -2.29. The van der Waals surface area contributed by atoms with Crippen LogP contribution in [0.15, 0.2) is 18.2 Å². The van der Waals surface area contributed by atoms with Gasteiger partial charge in [-0.1, -0.05) is 12.1 Å². The molecular weight excluding hydrogens is 216 g/mol. The van der Waals surface area contributed by atoms with E-state index in [4.69, 9.17) is 0 Å². The number of carbonyl (C=O) groups is 1. The number of benzene rings is 1. The van der Waals surface area contributed by atoms with Gasteiger partial charge in [-0.2, -0.15) is 0 Å². The number of aryl methyl sites for hydroxylation is 1. The van der Waals surface area contributed by atoms with E-state index in [0.29, 0.717) is 13.0 Å². The molecule has 0 radical (unpaired) electrons. The molecule has 90 valence electrons. The summed E-state index contributed by atoms with van der Waals surface area (Å²) in [6.45, 7) is 1.46. The van der Waals surface area contributed by atoms with Crippen LogP contribution in [0.4, 0.5) is 5.69 Å². The van der Waals surface area contributed by atoms with Gasteiger partial charge in [-0.05, 0) is 36.6 Å². The first-order chi connectivity index (χ1) is 8.17. The molecule has 2 heterocycles. The smallest absolute Gasteiger partial charge is 0.224 e. The van der Waals surface area contributed by atoms with Gasteiger partial charge in [0.25, 0.3) is 0 Å². The van der Waals surface area contributed by atoms with Gasteiger partial charge in [0.2, 0.25) is 5.91 Å². The molecule has 1 atom stereocenters. The molecule has 3 N–H and O–H groups in total. The van der Waals surface area contributed by atoms with Crippen molar-refractivity contribution in [2.75, 3.05) is 18.4 Å². The van der Waals surface area contributed by atoms with Crippen molar-refractivity contribution >= 4 is 11.6 Å². The minimum absolute atomic E-state index is 0.0755. The van der Waals surface area contributed by atoms with Gasteiger partial charge in [-0.3, -0.25) is 4.79 Å². The van der Waals surface area contributed by atoms with Crippen LogP contribution < -0.4 is 10.6 Å². The summed E-state index contributed by atoms with van der Waals surface area (Å²) in [5.74, 6) is 0.0755. The maximum absolute atomic E-state index is 11.3. The van der Waals surface area contributed by atoms with Crippen LogP contribution in [0.25, 0.3) is 0 Å². The molecule has 3 rings (SSSR count). The molecule has 1 fully saturated rings. The van der Waals surface area contributed by atoms with Crippen molar-refractivity contribution in [3.63, 3.8) is 0 Å². The molecule has 0 spiro atoms. The van der Waals surface area contributed by atoms with Crippen molar-refractivity contribution in [2.45, 2.75) is 24.9 Å². The summed E-state index contributed by atoms with van der Waals surface area (Å²) in [4.78, 5) is 11.3. The molecule has 0 aromatic heterocycles. The van der Waals surface area contributed by atoms with E-state index >= 15 is 0 Å². The second-order valence-electron chi connectivity index (χ2n) is 4.88. The number of anilines is 1. The van der Waals surface area contributed by atoms with E-state index in [1.165, 1.54) is 0 Å². The van der Waals surface area contributed by atoms with Gasteiger partial charge in [-0.25, -0.2) is 0 Å². The first-order valence-electron chi connectivity index (χ1n) is 6.04. The highest BCUT2D eigenvalue weighted by molar-refractivity contribution is 5.93. The Morgan fingerprint density at radius 1 is 1.29 bits per heavy atom. The summed E-state index contributed by atoms with van der Waals surface area (Å²) in [5, 5.41) is 16.5. The normalized spacial score (nSPS) is 27.7. The van der Waals surface area contributed by atoms with E-state index in [0.717, 1.165) is 36.2 Å². The van der Waals surface area contributed by atoms with Gasteiger partial charge in [0.05, 0.1) is 0 Å². The SMILES string of the molecule is O=C1CCc2cc(C3(O)CCNC3)ccc2N1. The van der Waals surface area contributed by atoms with Crippen LogP contribution in [0.2, 0.25) is 0 Å². The second kappa shape index (κ2) is 3.82. The minimum Gasteiger partial charge on any atom is -0.384 e. The van der Waals surface area contributed by atoms with Crippen molar-refractivity contribution < 1.29 is 9.90 Å². The Morgan fingerprint density at radius 3 is 2.94 bits per heavy atom. The maximum atomic E-state index is 11.3. The molecule has 1 amide bonds. The third kappa shape index (κ3) is 1.83. The van der Waals surface area contributed by atoms with Gasteiger partial charge in [0.15, 0.2) is 0 Å². The van der Waals surface area contributed by atoms with Crippen molar-refractivity contribution in [1.29, 1.82) is 0 Å². The highest BCUT2D eigenvalue weighted by atomic mass is 16.3. The first kappa shape index (κ1) is 10.7. The quantitative estimate of drug-likeness (QED) is 0.669. The number of hydrogen-bond donors (Lipinski definition) is 3. The zero-order valence-electron chi connectivity index (χ0n) is 9.62. The fraction of sp³-hybridized carbons (Fsp3) is 0.462. The molecule has 0 bridgehead atoms. The predicted octanol–water partition coefficient (Wildman–Crippen LogP) is 0.752. The maximum Gasteiger partial charge on any atom is 0.224 e. The van der Waals surface area contributed by atoms with Crippen molar-refractivity contribution in [3.05, 3.63) is 29.3 Å². The van der Waals surface area contributed by atoms with Gasteiger partial charge >= 0.3 is 0 Å². The van der Waals surface area contributed by atoms with Crippen molar-refractivity contribution in [2.24, 2.45) is 0 Å². The summed E-state index contributed by atoms with van der Waals surface area (Å²) in [6.07, 6.45) is 2.05. The standard InChI is InChI=1S/C13H16N2O2/c16-12-4-1-9-7-10(2-3-11(9)15-12)13(17)5-6-14-8-13/h2-3,7,14,17H,1,4-6,8H2,(H,15,16). The lowest BCUT2D eigenvalue weighted by molar-refractivity contribution is -0.116. The van der Waals surface area contributed by atoms with Gasteiger partial charge in [0, 0.05) is 18.7 Å². The molecule has 4 nitrogen and oxygen atoms in total. The fourth-order valence-electron chi connectivity index (χ4n) is 2.60. The first-order valence-corrected chi connectivity index (χ1v) is 6.04. The summed E-state index contributed by atoms with van der Waals surface area (Å²) < 4.78 is 0. The third-order valence-corrected chi connectivity index (χ3v) is 3.67. The molecule has 4 heteroatoms. The lowest BCUT2D eigenvalue weighted by Gasteiger charge is -2.25. The number of hydrogen-bond acceptors (Lipinski definition) is 3. The zero-order valence-corrected chi connectivity index (χ0v) is 9.62. The Hall–Kier alpha value is -1.39. The Kier molecular flexibility index (Phi) is 2.42. The molecule has 17 heavy (non-hydrogen) atoms. The second-order valence-corrected chi connectivity index (χ2v) is 4.88. The summed E-state index contributed by atoms with van der Waals surface area (Å²) in [7, 11) is 0. The molecule has 0 aliphatic carbocycles. The van der Waals surface area contributed by atoms with Crippen LogP contribution in [-0.4, -0.2) is 24.1 Å². The van der Waals surface area contributed by atoms with Gasteiger partial charge in [-0.15, -0.1) is 0 Å². The van der Waals surface area contributed by atoms with Crippen LogP contribution >= 0.6 is 0 Å². The average Bonchev–Trinajstić information content (AvgIpc) is 2.77. The van der Waals surface area contributed by atoms with Crippen LogP contribution in [-0.2, 0) is 16.8 Å². The highest BCUT2D eigenvalue weighted by Crippen LogP contribution is 2.32. The monoisotopic (exact) mass is 232 g/mol. The molecule has 2 aliphatic heterocycles. The van der Waals surface area contributed by atoms with Crippen LogP contribution in [0.1, 0.15) is 24.0 Å². The Bertz CT molecular complexity index is 464. The number of fused-ring (bicyclic) bond motifs is 1. The molecular formula is C13H16N2O2. The molecule has 1 saturated heterocycles. The molecule has 2 aliphatic rings. The number of nitrogens with one attached hydrogen (secondary N) is 2. The zero-order chi connectivity index (χ0) is 11.9. The van der Waals surface area contributed by atoms with E-state index < -0.39 is 5.60 Å². The number of carbonyl (C=O) groups excluding carboxylic acids is 1. The summed E-state index contributed by atoms with van der Waals surface area (Å²) in [6, 6.07) is 5.84. The average molecular weight is 232 g/mol. The Morgan fingerprint density at radius 2 is 2.18 bits per heavy atom. The van der Waals surface area contributed by atoms with Gasteiger partial charge in [0.1, 0.15) is 5.60 Å². The van der Waals surface area contributed by atoms with E-state index in [1.807, 2.05) is 18.2 Å². The molecule has 1 unspecified atom stereocenters. The number of aliphatic hydroxyl groups is 1. The third-order valence-electron chi connectivity index (χ3n) is 3.67. The molecule has 1 aromatic rings. The van der Waals surface area contributed by atoms with E-state index in [9.17, 15) is 9.90 Å². The fourth-order valence-corrected chi connectivity index (χ4v) is 2.60. The number of β-amino-alcohol motifs (C(OH)–C–C–N with tert-alkyl or cyclic N) is 1. The topological polar surface area (TPSA) is 61.4 Å². The van der Waals surface area contributed by atoms with Crippen molar-refractivity contribution in [3.8, 4) is 0 Å².